The van der Waals surface area contributed by atoms with Crippen molar-refractivity contribution in [3.05, 3.63) is 46.5 Å². The molecule has 0 saturated carbocycles. The molecule has 0 atom stereocenters. The van der Waals surface area contributed by atoms with E-state index in [2.05, 4.69) is 41.5 Å². The van der Waals surface area contributed by atoms with Crippen molar-refractivity contribution in [1.82, 2.24) is 0 Å². The highest BCUT2D eigenvalue weighted by Gasteiger charge is 2.29. The second-order valence-corrected chi connectivity index (χ2v) is 11.6. The lowest BCUT2D eigenvalue weighted by atomic mass is 9.85. The van der Waals surface area contributed by atoms with Gasteiger partial charge in [0.15, 0.2) is 0 Å². The van der Waals surface area contributed by atoms with E-state index in [1.54, 1.807) is 38.5 Å². The molecular weight excluding hydrogens is 384 g/mol. The third-order valence-electron chi connectivity index (χ3n) is 5.14. The minimum Gasteiger partial charge on any atom is -0.496 e. The smallest absolute Gasteiger partial charge is 0.206 e. The third kappa shape index (κ3) is 4.45. The van der Waals surface area contributed by atoms with Gasteiger partial charge in [-0.25, -0.2) is 8.42 Å². The number of ether oxygens (including phenoxy) is 2. The Labute approximate surface area is 176 Å². The highest BCUT2D eigenvalue weighted by molar-refractivity contribution is 7.91. The summed E-state index contributed by atoms with van der Waals surface area (Å²) in [5, 5.41) is 0. The van der Waals surface area contributed by atoms with Gasteiger partial charge in [-0.05, 0) is 60.1 Å². The highest BCUT2D eigenvalue weighted by Crippen LogP contribution is 2.40. The molecule has 0 amide bonds. The van der Waals surface area contributed by atoms with Crippen molar-refractivity contribution in [2.45, 2.75) is 76.0 Å². The Bertz CT molecular complexity index is 943. The van der Waals surface area contributed by atoms with Gasteiger partial charge in [0.25, 0.3) is 0 Å². The Kier molecular flexibility index (Phi) is 6.16. The maximum Gasteiger partial charge on any atom is 0.206 e. The second-order valence-electron chi connectivity index (χ2n) is 9.65. The van der Waals surface area contributed by atoms with Gasteiger partial charge in [0.1, 0.15) is 11.5 Å². The molecule has 4 nitrogen and oxygen atoms in total. The Morgan fingerprint density at radius 1 is 0.655 bits per heavy atom. The van der Waals surface area contributed by atoms with Crippen LogP contribution in [0.4, 0.5) is 0 Å². The summed E-state index contributed by atoms with van der Waals surface area (Å²) >= 11 is 0. The van der Waals surface area contributed by atoms with Crippen LogP contribution in [-0.2, 0) is 20.7 Å². The SMILES string of the molecule is COc1c(C)cc(S(=O)(=O)c2cc(C)c(OC)c(C(C)(C)C)c2)cc1C(C)(C)C. The van der Waals surface area contributed by atoms with E-state index in [0.29, 0.717) is 0 Å². The normalized spacial score (nSPS) is 12.8. The summed E-state index contributed by atoms with van der Waals surface area (Å²) in [5.41, 5.74) is 2.85. The van der Waals surface area contributed by atoms with Gasteiger partial charge in [-0.15, -0.1) is 0 Å². The Morgan fingerprint density at radius 2 is 0.966 bits per heavy atom. The zero-order valence-electron chi connectivity index (χ0n) is 19.4. The van der Waals surface area contributed by atoms with Crippen LogP contribution in [0.2, 0.25) is 0 Å². The van der Waals surface area contributed by atoms with Crippen molar-refractivity contribution in [3.8, 4) is 11.5 Å². The van der Waals surface area contributed by atoms with Crippen molar-refractivity contribution < 1.29 is 17.9 Å². The van der Waals surface area contributed by atoms with Crippen LogP contribution in [0.1, 0.15) is 63.8 Å². The van der Waals surface area contributed by atoms with E-state index in [9.17, 15) is 8.42 Å². The monoisotopic (exact) mass is 418 g/mol. The van der Waals surface area contributed by atoms with Crippen LogP contribution in [0.3, 0.4) is 0 Å². The van der Waals surface area contributed by atoms with Gasteiger partial charge in [-0.1, -0.05) is 41.5 Å². The van der Waals surface area contributed by atoms with E-state index < -0.39 is 9.84 Å². The molecule has 0 spiro atoms. The molecule has 0 N–H and O–H groups in total. The van der Waals surface area contributed by atoms with E-state index in [-0.39, 0.29) is 20.6 Å². The average molecular weight is 419 g/mol. The highest BCUT2D eigenvalue weighted by atomic mass is 32.2. The molecule has 29 heavy (non-hydrogen) atoms. The van der Waals surface area contributed by atoms with Gasteiger partial charge in [0.05, 0.1) is 24.0 Å². The van der Waals surface area contributed by atoms with Crippen molar-refractivity contribution >= 4 is 9.84 Å². The minimum absolute atomic E-state index is 0.256. The maximum atomic E-state index is 13.6. The molecule has 0 saturated heterocycles. The quantitative estimate of drug-likeness (QED) is 0.634. The molecule has 2 aromatic carbocycles. The number of hydrogen-bond acceptors (Lipinski definition) is 4. The minimum atomic E-state index is -3.71. The zero-order valence-corrected chi connectivity index (χ0v) is 20.2. The Balaban J connectivity index is 2.81. The van der Waals surface area contributed by atoms with Crippen molar-refractivity contribution in [2.24, 2.45) is 0 Å². The molecule has 2 rings (SSSR count). The van der Waals surface area contributed by atoms with Crippen LogP contribution in [-0.4, -0.2) is 22.6 Å². The zero-order chi connectivity index (χ0) is 22.4. The van der Waals surface area contributed by atoms with Gasteiger partial charge in [0, 0.05) is 11.1 Å². The fourth-order valence-electron chi connectivity index (χ4n) is 3.58. The number of sulfone groups is 1. The predicted octanol–water partition coefficient (Wildman–Crippen LogP) is 5.75. The fourth-order valence-corrected chi connectivity index (χ4v) is 5.07. The topological polar surface area (TPSA) is 52.6 Å². The first kappa shape index (κ1) is 23.3. The summed E-state index contributed by atoms with van der Waals surface area (Å²) in [6.07, 6.45) is 0. The predicted molar refractivity (Wildman–Crippen MR) is 118 cm³/mol. The van der Waals surface area contributed by atoms with E-state index in [1.165, 1.54) is 0 Å². The number of benzene rings is 2. The summed E-state index contributed by atoms with van der Waals surface area (Å²) in [5.74, 6) is 1.47. The fraction of sp³-hybridized carbons (Fsp3) is 0.500. The van der Waals surface area contributed by atoms with Crippen LogP contribution in [0.25, 0.3) is 0 Å². The molecule has 0 unspecified atom stereocenters. The molecule has 0 radical (unpaired) electrons. The largest absolute Gasteiger partial charge is 0.496 e. The van der Waals surface area contributed by atoms with E-state index in [0.717, 1.165) is 33.8 Å². The van der Waals surface area contributed by atoms with Crippen LogP contribution in [0.5, 0.6) is 11.5 Å². The summed E-state index contributed by atoms with van der Waals surface area (Å²) in [7, 11) is -0.472. The van der Waals surface area contributed by atoms with Crippen molar-refractivity contribution in [1.29, 1.82) is 0 Å². The van der Waals surface area contributed by atoms with Gasteiger partial charge >= 0.3 is 0 Å². The summed E-state index contributed by atoms with van der Waals surface area (Å²) in [4.78, 5) is 0.565. The first-order valence-electron chi connectivity index (χ1n) is 9.78. The molecule has 0 fully saturated rings. The van der Waals surface area contributed by atoms with Crippen molar-refractivity contribution in [3.63, 3.8) is 0 Å². The molecule has 2 aromatic rings. The molecule has 0 aromatic heterocycles. The lowest BCUT2D eigenvalue weighted by Gasteiger charge is -2.26. The van der Waals surface area contributed by atoms with Gasteiger partial charge in [0.2, 0.25) is 9.84 Å². The van der Waals surface area contributed by atoms with E-state index in [4.69, 9.17) is 9.47 Å². The number of hydrogen-bond donors (Lipinski definition) is 0. The van der Waals surface area contributed by atoms with E-state index >= 15 is 0 Å². The number of rotatable bonds is 4. The van der Waals surface area contributed by atoms with Gasteiger partial charge in [-0.3, -0.25) is 0 Å². The van der Waals surface area contributed by atoms with Crippen LogP contribution in [0, 0.1) is 13.8 Å². The van der Waals surface area contributed by atoms with Gasteiger partial charge in [-0.2, -0.15) is 0 Å². The second kappa shape index (κ2) is 7.67. The average Bonchev–Trinajstić information content (AvgIpc) is 2.58. The van der Waals surface area contributed by atoms with E-state index in [1.807, 2.05) is 13.8 Å². The molecule has 0 bridgehead atoms. The standard InChI is InChI=1S/C24H34O4S/c1-15-11-17(13-19(21(15)27-9)23(3,4)5)29(25,26)18-12-16(2)22(28-10)20(14-18)24(6,7)8/h11-14H,1-10H3. The lowest BCUT2D eigenvalue weighted by molar-refractivity contribution is 0.393. The maximum absolute atomic E-state index is 13.6. The molecule has 0 heterocycles. The third-order valence-corrected chi connectivity index (χ3v) is 6.85. The number of aryl methyl sites for hydroxylation is 2. The Morgan fingerprint density at radius 3 is 1.21 bits per heavy atom. The molecule has 5 heteroatoms. The molecule has 0 aliphatic heterocycles. The van der Waals surface area contributed by atoms with Crippen molar-refractivity contribution in [2.75, 3.05) is 14.2 Å². The lowest BCUT2D eigenvalue weighted by Crippen LogP contribution is -2.17. The molecule has 0 aliphatic rings. The summed E-state index contributed by atoms with van der Waals surface area (Å²) in [6, 6.07) is 6.88. The summed E-state index contributed by atoms with van der Waals surface area (Å²) < 4.78 is 38.4. The molecule has 0 aliphatic carbocycles. The van der Waals surface area contributed by atoms with Crippen LogP contribution in [0.15, 0.2) is 34.1 Å². The molecule has 160 valence electrons. The molecular formula is C24H34O4S. The first-order valence-corrected chi connectivity index (χ1v) is 11.3. The summed E-state index contributed by atoms with van der Waals surface area (Å²) in [6.45, 7) is 16.1. The van der Waals surface area contributed by atoms with Crippen LogP contribution < -0.4 is 9.47 Å². The van der Waals surface area contributed by atoms with Gasteiger partial charge < -0.3 is 9.47 Å². The number of methoxy groups -OCH3 is 2. The Hall–Kier alpha value is -2.01. The van der Waals surface area contributed by atoms with Crippen LogP contribution >= 0.6 is 0 Å². The first-order chi connectivity index (χ1) is 13.1.